The minimum absolute atomic E-state index is 0.633. The summed E-state index contributed by atoms with van der Waals surface area (Å²) in [6, 6.07) is 3.62. The maximum Gasteiger partial charge on any atom is 0.328 e. The Morgan fingerprint density at radius 1 is 1.64 bits per heavy atom. The van der Waals surface area contributed by atoms with Gasteiger partial charge >= 0.3 is 5.97 Å². The number of hydrogen-bond acceptors (Lipinski definition) is 3. The first kappa shape index (κ1) is 10.2. The molecule has 2 N–H and O–H groups in total. The summed E-state index contributed by atoms with van der Waals surface area (Å²) in [5.41, 5.74) is 1.56. The van der Waals surface area contributed by atoms with Crippen LogP contribution in [0.5, 0.6) is 0 Å². The Morgan fingerprint density at radius 3 is 2.93 bits per heavy atom. The van der Waals surface area contributed by atoms with Crippen LogP contribution in [0, 0.1) is 0 Å². The fraction of sp³-hybridized carbons (Fsp3) is 0.200. The molecule has 0 aliphatic rings. The Labute approximate surface area is 82.3 Å². The van der Waals surface area contributed by atoms with Gasteiger partial charge in [-0.3, -0.25) is 4.98 Å². The van der Waals surface area contributed by atoms with E-state index in [-0.39, 0.29) is 0 Å². The summed E-state index contributed by atoms with van der Waals surface area (Å²) >= 11 is 0. The molecule has 0 spiro atoms. The van der Waals surface area contributed by atoms with Crippen LogP contribution in [0.3, 0.4) is 0 Å². The lowest BCUT2D eigenvalue weighted by atomic mass is 10.3. The second-order valence-corrected chi connectivity index (χ2v) is 2.67. The number of anilines is 1. The molecule has 0 radical (unpaired) electrons. The molecule has 1 heterocycles. The maximum atomic E-state index is 10.2. The second-order valence-electron chi connectivity index (χ2n) is 2.67. The fourth-order valence-corrected chi connectivity index (χ4v) is 0.969. The van der Waals surface area contributed by atoms with Gasteiger partial charge in [0.1, 0.15) is 0 Å². The molecule has 0 aliphatic heterocycles. The maximum absolute atomic E-state index is 10.2. The van der Waals surface area contributed by atoms with E-state index < -0.39 is 5.97 Å². The van der Waals surface area contributed by atoms with E-state index in [1.807, 2.05) is 13.0 Å². The number of carboxylic acids is 1. The number of nitrogens with one attached hydrogen (secondary N) is 1. The zero-order valence-corrected chi connectivity index (χ0v) is 7.90. The topological polar surface area (TPSA) is 62.2 Å². The number of hydrogen-bond donors (Lipinski definition) is 2. The second kappa shape index (κ2) is 5.01. The molecular formula is C10H12N2O2. The van der Waals surface area contributed by atoms with Gasteiger partial charge < -0.3 is 10.4 Å². The summed E-state index contributed by atoms with van der Waals surface area (Å²) < 4.78 is 0. The Kier molecular flexibility index (Phi) is 3.67. The Hall–Kier alpha value is -1.84. The van der Waals surface area contributed by atoms with Crippen LogP contribution in [0.1, 0.15) is 12.6 Å². The lowest BCUT2D eigenvalue weighted by Crippen LogP contribution is -1.96. The van der Waals surface area contributed by atoms with Crippen LogP contribution in [0.2, 0.25) is 0 Å². The van der Waals surface area contributed by atoms with Crippen LogP contribution in [0.25, 0.3) is 6.08 Å². The van der Waals surface area contributed by atoms with E-state index in [1.54, 1.807) is 12.3 Å². The van der Waals surface area contributed by atoms with Crippen molar-refractivity contribution in [3.05, 3.63) is 30.1 Å². The van der Waals surface area contributed by atoms with Gasteiger partial charge in [0.25, 0.3) is 0 Å². The van der Waals surface area contributed by atoms with Gasteiger partial charge in [-0.05, 0) is 25.1 Å². The zero-order chi connectivity index (χ0) is 10.4. The molecule has 14 heavy (non-hydrogen) atoms. The number of carboxylic acid groups (broad SMARTS) is 1. The van der Waals surface area contributed by atoms with Crippen LogP contribution in [-0.4, -0.2) is 22.6 Å². The Morgan fingerprint density at radius 2 is 2.43 bits per heavy atom. The van der Waals surface area contributed by atoms with Crippen molar-refractivity contribution in [3.8, 4) is 0 Å². The standard InChI is InChI=1S/C10H12N2O2/c1-2-11-9-4-3-8(12-7-9)5-6-10(13)14/h3-7,11H,2H2,1H3,(H,13,14)/b6-5+. The highest BCUT2D eigenvalue weighted by Crippen LogP contribution is 2.06. The summed E-state index contributed by atoms with van der Waals surface area (Å²) in [4.78, 5) is 14.3. The van der Waals surface area contributed by atoms with E-state index in [4.69, 9.17) is 5.11 Å². The molecule has 0 amide bonds. The third kappa shape index (κ3) is 3.26. The summed E-state index contributed by atoms with van der Waals surface area (Å²) in [5, 5.41) is 11.5. The average molecular weight is 192 g/mol. The van der Waals surface area contributed by atoms with Crippen LogP contribution in [-0.2, 0) is 4.79 Å². The van der Waals surface area contributed by atoms with Gasteiger partial charge in [-0.1, -0.05) is 0 Å². The van der Waals surface area contributed by atoms with Crippen molar-refractivity contribution in [3.63, 3.8) is 0 Å². The Balaban J connectivity index is 2.68. The predicted molar refractivity (Wildman–Crippen MR) is 55.1 cm³/mol. The molecule has 0 aromatic carbocycles. The molecule has 0 fully saturated rings. The van der Waals surface area contributed by atoms with Crippen molar-refractivity contribution in [2.24, 2.45) is 0 Å². The molecule has 4 nitrogen and oxygen atoms in total. The van der Waals surface area contributed by atoms with Crippen molar-refractivity contribution in [2.45, 2.75) is 6.92 Å². The molecule has 4 heteroatoms. The third-order valence-corrected chi connectivity index (χ3v) is 1.56. The molecule has 0 atom stereocenters. The molecule has 1 aromatic heterocycles. The van der Waals surface area contributed by atoms with Crippen LogP contribution in [0.4, 0.5) is 5.69 Å². The van der Waals surface area contributed by atoms with E-state index in [1.165, 1.54) is 6.08 Å². The highest BCUT2D eigenvalue weighted by Gasteiger charge is 1.92. The number of rotatable bonds is 4. The third-order valence-electron chi connectivity index (χ3n) is 1.56. The number of aromatic nitrogens is 1. The summed E-state index contributed by atoms with van der Waals surface area (Å²) in [7, 11) is 0. The van der Waals surface area contributed by atoms with Crippen molar-refractivity contribution in [1.29, 1.82) is 0 Å². The number of aliphatic carboxylic acids is 1. The normalized spacial score (nSPS) is 10.4. The fourth-order valence-electron chi connectivity index (χ4n) is 0.969. The molecule has 1 aromatic rings. The van der Waals surface area contributed by atoms with E-state index in [0.717, 1.165) is 18.3 Å². The van der Waals surface area contributed by atoms with Gasteiger partial charge in [-0.15, -0.1) is 0 Å². The van der Waals surface area contributed by atoms with Crippen molar-refractivity contribution in [2.75, 3.05) is 11.9 Å². The largest absolute Gasteiger partial charge is 0.478 e. The number of pyridine rings is 1. The minimum Gasteiger partial charge on any atom is -0.478 e. The minimum atomic E-state index is -0.970. The van der Waals surface area contributed by atoms with E-state index in [2.05, 4.69) is 10.3 Å². The van der Waals surface area contributed by atoms with Gasteiger partial charge in [-0.25, -0.2) is 4.79 Å². The highest BCUT2D eigenvalue weighted by atomic mass is 16.4. The van der Waals surface area contributed by atoms with Gasteiger partial charge in [0, 0.05) is 12.6 Å². The van der Waals surface area contributed by atoms with E-state index >= 15 is 0 Å². The quantitative estimate of drug-likeness (QED) is 0.711. The summed E-state index contributed by atoms with van der Waals surface area (Å²) in [5.74, 6) is -0.970. The first-order chi connectivity index (χ1) is 6.72. The molecular weight excluding hydrogens is 180 g/mol. The molecule has 0 saturated carbocycles. The average Bonchev–Trinajstić information content (AvgIpc) is 2.17. The SMILES string of the molecule is CCNc1ccc(/C=C/C(=O)O)nc1. The zero-order valence-electron chi connectivity index (χ0n) is 7.90. The summed E-state index contributed by atoms with van der Waals surface area (Å²) in [6.07, 6.45) is 4.19. The van der Waals surface area contributed by atoms with E-state index in [0.29, 0.717) is 5.69 Å². The molecule has 1 rings (SSSR count). The van der Waals surface area contributed by atoms with Gasteiger partial charge in [0.15, 0.2) is 0 Å². The molecule has 74 valence electrons. The predicted octanol–water partition coefficient (Wildman–Crippen LogP) is 1.61. The van der Waals surface area contributed by atoms with Crippen molar-refractivity contribution >= 4 is 17.7 Å². The highest BCUT2D eigenvalue weighted by molar-refractivity contribution is 5.84. The monoisotopic (exact) mass is 192 g/mol. The first-order valence-corrected chi connectivity index (χ1v) is 4.33. The number of carbonyl (C=O) groups is 1. The molecule has 0 bridgehead atoms. The molecule has 0 unspecified atom stereocenters. The van der Waals surface area contributed by atoms with Gasteiger partial charge in [0.05, 0.1) is 17.6 Å². The van der Waals surface area contributed by atoms with Gasteiger partial charge in [0.2, 0.25) is 0 Å². The van der Waals surface area contributed by atoms with Crippen molar-refractivity contribution < 1.29 is 9.90 Å². The number of nitrogens with zero attached hydrogens (tertiary/aromatic N) is 1. The van der Waals surface area contributed by atoms with Crippen LogP contribution in [0.15, 0.2) is 24.4 Å². The summed E-state index contributed by atoms with van der Waals surface area (Å²) in [6.45, 7) is 2.84. The molecule has 0 saturated heterocycles. The lowest BCUT2D eigenvalue weighted by molar-refractivity contribution is -0.131. The smallest absolute Gasteiger partial charge is 0.328 e. The van der Waals surface area contributed by atoms with Gasteiger partial charge in [-0.2, -0.15) is 0 Å². The van der Waals surface area contributed by atoms with E-state index in [9.17, 15) is 4.79 Å². The molecule has 0 aliphatic carbocycles. The first-order valence-electron chi connectivity index (χ1n) is 4.33. The van der Waals surface area contributed by atoms with Crippen LogP contribution >= 0.6 is 0 Å². The van der Waals surface area contributed by atoms with Crippen molar-refractivity contribution in [1.82, 2.24) is 4.98 Å². The Bertz CT molecular complexity index is 330. The van der Waals surface area contributed by atoms with Crippen LogP contribution < -0.4 is 5.32 Å². The lowest BCUT2D eigenvalue weighted by Gasteiger charge is -2.01.